The third-order valence-electron chi connectivity index (χ3n) is 2.01. The van der Waals surface area contributed by atoms with Gasteiger partial charge in [-0.25, -0.2) is 8.42 Å². The van der Waals surface area contributed by atoms with Crippen LogP contribution in [0.2, 0.25) is 0 Å². The van der Waals surface area contributed by atoms with Crippen LogP contribution in [0, 0.1) is 0 Å². The molecule has 0 aliphatic carbocycles. The van der Waals surface area contributed by atoms with E-state index in [1.54, 1.807) is 12.3 Å². The lowest BCUT2D eigenvalue weighted by atomic mass is 10.6. The standard InChI is InChI=1S/C9H12BrNO3S2/c1-6(2)11(3)16(12,13)9-8(14-4)7(10)5-15-9/h5H,1H2,2-4H3. The number of hydrogen-bond donors (Lipinski definition) is 0. The van der Waals surface area contributed by atoms with E-state index in [1.165, 1.54) is 14.2 Å². The molecule has 1 aromatic heterocycles. The molecule has 1 heterocycles. The van der Waals surface area contributed by atoms with Crippen LogP contribution in [0.4, 0.5) is 0 Å². The van der Waals surface area contributed by atoms with Crippen LogP contribution in [0.5, 0.6) is 5.75 Å². The normalized spacial score (nSPS) is 11.2. The van der Waals surface area contributed by atoms with E-state index in [9.17, 15) is 8.42 Å². The lowest BCUT2D eigenvalue weighted by molar-refractivity contribution is 0.402. The molecular formula is C9H12BrNO3S2. The number of rotatable bonds is 4. The van der Waals surface area contributed by atoms with Crippen molar-refractivity contribution in [2.75, 3.05) is 14.2 Å². The molecule has 0 spiro atoms. The molecule has 1 aromatic rings. The zero-order valence-corrected chi connectivity index (χ0v) is 12.4. The molecule has 0 aliphatic heterocycles. The summed E-state index contributed by atoms with van der Waals surface area (Å²) < 4.78 is 31.3. The van der Waals surface area contributed by atoms with Crippen molar-refractivity contribution in [3.63, 3.8) is 0 Å². The first-order chi connectivity index (χ1) is 7.32. The second-order valence-corrected chi connectivity index (χ2v) is 7.01. The molecule has 1 rings (SSSR count). The SMILES string of the molecule is C=C(C)N(C)S(=O)(=O)c1scc(Br)c1OC. The molecule has 0 N–H and O–H groups in total. The Balaban J connectivity index is 3.33. The highest BCUT2D eigenvalue weighted by Crippen LogP contribution is 2.39. The minimum absolute atomic E-state index is 0.173. The molecule has 0 unspecified atom stereocenters. The molecule has 0 fully saturated rings. The molecular weight excluding hydrogens is 314 g/mol. The maximum Gasteiger partial charge on any atom is 0.277 e. The third kappa shape index (κ3) is 2.26. The zero-order valence-electron chi connectivity index (χ0n) is 9.15. The summed E-state index contributed by atoms with van der Waals surface area (Å²) in [5.74, 6) is 0.332. The fourth-order valence-corrected chi connectivity index (χ4v) is 4.57. The Morgan fingerprint density at radius 3 is 2.62 bits per heavy atom. The number of sulfonamides is 1. The van der Waals surface area contributed by atoms with Gasteiger partial charge in [0.05, 0.1) is 11.6 Å². The highest BCUT2D eigenvalue weighted by molar-refractivity contribution is 9.10. The summed E-state index contributed by atoms with van der Waals surface area (Å²) >= 11 is 4.35. The maximum atomic E-state index is 12.1. The predicted octanol–water partition coefficient (Wildman–Crippen LogP) is 2.67. The number of allylic oxidation sites excluding steroid dienone is 1. The molecule has 0 bridgehead atoms. The minimum Gasteiger partial charge on any atom is -0.493 e. The third-order valence-corrected chi connectivity index (χ3v) is 6.26. The van der Waals surface area contributed by atoms with Crippen molar-refractivity contribution in [2.24, 2.45) is 0 Å². The van der Waals surface area contributed by atoms with Crippen molar-refractivity contribution in [3.05, 3.63) is 22.1 Å². The molecule has 0 saturated heterocycles. The van der Waals surface area contributed by atoms with Gasteiger partial charge in [0.2, 0.25) is 0 Å². The van der Waals surface area contributed by atoms with E-state index in [2.05, 4.69) is 22.5 Å². The summed E-state index contributed by atoms with van der Waals surface area (Å²) in [4.78, 5) is 0. The smallest absolute Gasteiger partial charge is 0.277 e. The van der Waals surface area contributed by atoms with Crippen LogP contribution in [-0.4, -0.2) is 26.9 Å². The van der Waals surface area contributed by atoms with Crippen LogP contribution in [0.15, 0.2) is 26.3 Å². The van der Waals surface area contributed by atoms with Gasteiger partial charge in [-0.1, -0.05) is 6.58 Å². The van der Waals surface area contributed by atoms with Crippen molar-refractivity contribution in [3.8, 4) is 5.75 Å². The van der Waals surface area contributed by atoms with Crippen LogP contribution >= 0.6 is 27.3 Å². The van der Waals surface area contributed by atoms with Gasteiger partial charge in [0.15, 0.2) is 9.96 Å². The number of thiophene rings is 1. The number of methoxy groups -OCH3 is 1. The van der Waals surface area contributed by atoms with Gasteiger partial charge in [0.25, 0.3) is 10.0 Å². The molecule has 0 aliphatic rings. The summed E-state index contributed by atoms with van der Waals surface area (Å²) in [6.07, 6.45) is 0. The van der Waals surface area contributed by atoms with Gasteiger partial charge in [-0.15, -0.1) is 11.3 Å². The second kappa shape index (κ2) is 4.77. The molecule has 0 saturated carbocycles. The highest BCUT2D eigenvalue weighted by atomic mass is 79.9. The van der Waals surface area contributed by atoms with Gasteiger partial charge < -0.3 is 4.74 Å². The molecule has 7 heteroatoms. The van der Waals surface area contributed by atoms with E-state index in [1.807, 2.05) is 0 Å². The Hall–Kier alpha value is -0.530. The Morgan fingerprint density at radius 2 is 2.19 bits per heavy atom. The average Bonchev–Trinajstić information content (AvgIpc) is 2.58. The van der Waals surface area contributed by atoms with Crippen molar-refractivity contribution in [2.45, 2.75) is 11.1 Å². The lowest BCUT2D eigenvalue weighted by Gasteiger charge is -2.18. The molecule has 90 valence electrons. The van der Waals surface area contributed by atoms with E-state index in [4.69, 9.17) is 4.74 Å². The molecule has 4 nitrogen and oxygen atoms in total. The Labute approximate surface area is 108 Å². The van der Waals surface area contributed by atoms with Gasteiger partial charge in [0, 0.05) is 18.1 Å². The summed E-state index contributed by atoms with van der Waals surface area (Å²) in [6.45, 7) is 5.24. The van der Waals surface area contributed by atoms with E-state index in [0.717, 1.165) is 15.6 Å². The van der Waals surface area contributed by atoms with Crippen molar-refractivity contribution in [1.29, 1.82) is 0 Å². The topological polar surface area (TPSA) is 46.6 Å². The summed E-state index contributed by atoms with van der Waals surface area (Å²) in [5, 5.41) is 1.68. The van der Waals surface area contributed by atoms with Crippen LogP contribution < -0.4 is 4.74 Å². The van der Waals surface area contributed by atoms with Crippen LogP contribution in [0.1, 0.15) is 6.92 Å². The summed E-state index contributed by atoms with van der Waals surface area (Å²) in [7, 11) is -0.663. The van der Waals surface area contributed by atoms with Crippen LogP contribution in [0.3, 0.4) is 0 Å². The fraction of sp³-hybridized carbons (Fsp3) is 0.333. The van der Waals surface area contributed by atoms with E-state index >= 15 is 0 Å². The number of ether oxygens (including phenoxy) is 1. The first-order valence-electron chi connectivity index (χ1n) is 4.27. The van der Waals surface area contributed by atoms with E-state index < -0.39 is 10.0 Å². The van der Waals surface area contributed by atoms with E-state index in [0.29, 0.717) is 15.9 Å². The van der Waals surface area contributed by atoms with Gasteiger partial charge in [-0.2, -0.15) is 0 Å². The Bertz CT molecular complexity index is 507. The number of nitrogens with zero attached hydrogens (tertiary/aromatic N) is 1. The van der Waals surface area contributed by atoms with Crippen molar-refractivity contribution in [1.82, 2.24) is 4.31 Å². The fourth-order valence-electron chi connectivity index (χ4n) is 0.998. The van der Waals surface area contributed by atoms with Gasteiger partial charge in [-0.3, -0.25) is 4.31 Å². The zero-order chi connectivity index (χ0) is 12.5. The first kappa shape index (κ1) is 13.5. The summed E-state index contributed by atoms with van der Waals surface area (Å²) in [6, 6.07) is 0. The van der Waals surface area contributed by atoms with Crippen LogP contribution in [0.25, 0.3) is 0 Å². The monoisotopic (exact) mass is 325 g/mol. The van der Waals surface area contributed by atoms with E-state index in [-0.39, 0.29) is 4.21 Å². The molecule has 0 aromatic carbocycles. The predicted molar refractivity (Wildman–Crippen MR) is 68.3 cm³/mol. The summed E-state index contributed by atoms with van der Waals surface area (Å²) in [5.41, 5.74) is 0.451. The van der Waals surface area contributed by atoms with Crippen molar-refractivity contribution >= 4 is 37.3 Å². The number of hydrogen-bond acceptors (Lipinski definition) is 4. The number of halogens is 1. The molecule has 16 heavy (non-hydrogen) atoms. The molecule has 0 atom stereocenters. The molecule has 0 amide bonds. The van der Waals surface area contributed by atoms with Gasteiger partial charge in [-0.05, 0) is 22.9 Å². The van der Waals surface area contributed by atoms with Crippen molar-refractivity contribution < 1.29 is 13.2 Å². The average molecular weight is 326 g/mol. The maximum absolute atomic E-state index is 12.1. The largest absolute Gasteiger partial charge is 0.493 e. The molecule has 0 radical (unpaired) electrons. The first-order valence-corrected chi connectivity index (χ1v) is 7.39. The Morgan fingerprint density at radius 1 is 1.62 bits per heavy atom. The second-order valence-electron chi connectivity index (χ2n) is 3.11. The van der Waals surface area contributed by atoms with Crippen LogP contribution in [-0.2, 0) is 10.0 Å². The van der Waals surface area contributed by atoms with Gasteiger partial charge in [0.1, 0.15) is 0 Å². The highest BCUT2D eigenvalue weighted by Gasteiger charge is 2.27. The van der Waals surface area contributed by atoms with Gasteiger partial charge >= 0.3 is 0 Å². The minimum atomic E-state index is -3.56. The quantitative estimate of drug-likeness (QED) is 0.855. The Kier molecular flexibility index (Phi) is 4.03. The lowest BCUT2D eigenvalue weighted by Crippen LogP contribution is -2.24.